The van der Waals surface area contributed by atoms with Gasteiger partial charge in [-0.15, -0.1) is 0 Å². The van der Waals surface area contributed by atoms with E-state index in [-0.39, 0.29) is 6.42 Å². The lowest BCUT2D eigenvalue weighted by atomic mass is 10.1. The van der Waals surface area contributed by atoms with Crippen molar-refractivity contribution in [1.29, 1.82) is 0 Å². The third-order valence-corrected chi connectivity index (χ3v) is 2.98. The molecule has 1 atom stereocenters. The molecule has 0 aliphatic carbocycles. The third kappa shape index (κ3) is 2.06. The molecule has 0 rings (SSSR count). The van der Waals surface area contributed by atoms with Gasteiger partial charge in [-0.05, 0) is 13.3 Å². The van der Waals surface area contributed by atoms with Gasteiger partial charge in [-0.1, -0.05) is 13.3 Å². The summed E-state index contributed by atoms with van der Waals surface area (Å²) in [7, 11) is -4.78. The highest BCUT2D eigenvalue weighted by molar-refractivity contribution is 7.55. The molecule has 1 unspecified atom stereocenters. The van der Waals surface area contributed by atoms with Crippen molar-refractivity contribution >= 4 is 13.6 Å². The maximum atomic E-state index is 10.7. The van der Waals surface area contributed by atoms with E-state index in [1.54, 1.807) is 6.92 Å². The van der Waals surface area contributed by atoms with Crippen LogP contribution in [-0.2, 0) is 9.36 Å². The molecule has 5 nitrogen and oxygen atoms in total. The Balaban J connectivity index is 4.88. The number of rotatable bonds is 4. The summed E-state index contributed by atoms with van der Waals surface area (Å²) in [6.45, 7) is 6.66. The molecule has 0 spiro atoms. The highest BCUT2D eigenvalue weighted by Gasteiger charge is 2.49. The molecule has 70 valence electrons. The number of carboxylic acid groups (broad SMARTS) is 1. The first-order chi connectivity index (χ1) is 5.25. The monoisotopic (exact) mass is 194 g/mol. The molecule has 0 aromatic heterocycles. The molecule has 0 saturated carbocycles. The Morgan fingerprint density at radius 1 is 1.58 bits per heavy atom. The average molecular weight is 194 g/mol. The van der Waals surface area contributed by atoms with E-state index in [4.69, 9.17) is 21.8 Å². The van der Waals surface area contributed by atoms with Crippen molar-refractivity contribution < 1.29 is 24.3 Å². The lowest BCUT2D eigenvalue weighted by Gasteiger charge is -2.24. The van der Waals surface area contributed by atoms with Crippen molar-refractivity contribution in [2.75, 3.05) is 0 Å². The van der Waals surface area contributed by atoms with E-state index in [1.807, 2.05) is 0 Å². The summed E-state index contributed by atoms with van der Waals surface area (Å²) >= 11 is 0. The fourth-order valence-corrected chi connectivity index (χ4v) is 1.52. The van der Waals surface area contributed by atoms with Crippen LogP contribution in [-0.4, -0.2) is 26.0 Å². The van der Waals surface area contributed by atoms with E-state index in [0.29, 0.717) is 6.42 Å². The molecule has 0 heterocycles. The Morgan fingerprint density at radius 2 is 2.00 bits per heavy atom. The second-order valence-electron chi connectivity index (χ2n) is 2.52. The lowest BCUT2D eigenvalue weighted by molar-refractivity contribution is -0.139. The van der Waals surface area contributed by atoms with Gasteiger partial charge < -0.3 is 14.9 Å². The third-order valence-electron chi connectivity index (χ3n) is 1.52. The summed E-state index contributed by atoms with van der Waals surface area (Å²) in [6.07, 6.45) is 0.0561. The zero-order valence-corrected chi connectivity index (χ0v) is 7.49. The molecular formula is C6H11O5P. The van der Waals surface area contributed by atoms with Crippen LogP contribution in [0.5, 0.6) is 0 Å². The van der Waals surface area contributed by atoms with Crippen LogP contribution in [0.1, 0.15) is 19.8 Å². The lowest BCUT2D eigenvalue weighted by Crippen LogP contribution is -2.35. The van der Waals surface area contributed by atoms with Crippen LogP contribution in [0.4, 0.5) is 0 Å². The van der Waals surface area contributed by atoms with Crippen LogP contribution in [0.25, 0.3) is 0 Å². The normalized spacial score (nSPS) is 17.0. The van der Waals surface area contributed by atoms with Gasteiger partial charge in [-0.3, -0.25) is 9.36 Å². The van der Waals surface area contributed by atoms with Crippen molar-refractivity contribution in [3.8, 4) is 0 Å². The highest BCUT2D eigenvalue weighted by Crippen LogP contribution is 2.52. The molecule has 0 saturated heterocycles. The van der Waals surface area contributed by atoms with E-state index in [9.17, 15) is 9.36 Å². The van der Waals surface area contributed by atoms with Gasteiger partial charge in [0.05, 0.1) is 0 Å². The molecule has 0 fully saturated rings. The second-order valence-corrected chi connectivity index (χ2v) is 4.41. The van der Waals surface area contributed by atoms with Crippen LogP contribution >= 0.6 is 7.60 Å². The van der Waals surface area contributed by atoms with Crippen molar-refractivity contribution in [3.63, 3.8) is 0 Å². The summed E-state index contributed by atoms with van der Waals surface area (Å²) in [6, 6.07) is 0. The number of carbonyl (C=O) groups is 1. The van der Waals surface area contributed by atoms with Gasteiger partial charge in [0.2, 0.25) is 0 Å². The standard InChI is InChI=1S/C6H11O5P/c1-3-4-6(2,5(7)8)12(9,10)11/h2H,3-4H2,1H3,(H,7,8)(H2,9,10,11). The van der Waals surface area contributed by atoms with Gasteiger partial charge in [-0.25, -0.2) is 0 Å². The SMILES string of the molecule is [CH]C(CCC)(C(=O)O)P(=O)(O)O. The zero-order chi connectivity index (χ0) is 9.99. The second kappa shape index (κ2) is 3.56. The van der Waals surface area contributed by atoms with Crippen molar-refractivity contribution in [2.45, 2.75) is 24.9 Å². The summed E-state index contributed by atoms with van der Waals surface area (Å²) in [5, 5.41) is 6.05. The Kier molecular flexibility index (Phi) is 3.45. The minimum atomic E-state index is -4.78. The molecule has 6 heteroatoms. The van der Waals surface area contributed by atoms with Crippen LogP contribution in [0.3, 0.4) is 0 Å². The van der Waals surface area contributed by atoms with Crippen molar-refractivity contribution in [2.24, 2.45) is 0 Å². The summed E-state index contributed by atoms with van der Waals surface area (Å²) < 4.78 is 10.7. The maximum absolute atomic E-state index is 10.7. The van der Waals surface area contributed by atoms with Gasteiger partial charge in [0.1, 0.15) is 0 Å². The van der Waals surface area contributed by atoms with Gasteiger partial charge >= 0.3 is 13.6 Å². The molecule has 3 N–H and O–H groups in total. The number of hydrogen-bond acceptors (Lipinski definition) is 2. The van der Waals surface area contributed by atoms with Crippen LogP contribution in [0.15, 0.2) is 0 Å². The molecule has 0 aromatic carbocycles. The topological polar surface area (TPSA) is 94.8 Å². The fraction of sp³-hybridized carbons (Fsp3) is 0.667. The van der Waals surface area contributed by atoms with Crippen molar-refractivity contribution in [1.82, 2.24) is 0 Å². The summed E-state index contributed by atoms with van der Waals surface area (Å²) in [4.78, 5) is 27.7. The Bertz CT molecular complexity index is 220. The Labute approximate surface area is 70.6 Å². The van der Waals surface area contributed by atoms with E-state index in [1.165, 1.54) is 0 Å². The van der Waals surface area contributed by atoms with Gasteiger partial charge in [0.15, 0.2) is 5.16 Å². The quantitative estimate of drug-likeness (QED) is 0.566. The first-order valence-electron chi connectivity index (χ1n) is 3.33. The number of aliphatic carboxylic acids is 1. The molecule has 0 amide bonds. The fourth-order valence-electron chi connectivity index (χ4n) is 0.758. The number of carboxylic acids is 1. The van der Waals surface area contributed by atoms with Crippen LogP contribution in [0.2, 0.25) is 0 Å². The van der Waals surface area contributed by atoms with Crippen LogP contribution < -0.4 is 0 Å². The Morgan fingerprint density at radius 3 is 2.08 bits per heavy atom. The van der Waals surface area contributed by atoms with E-state index in [0.717, 1.165) is 0 Å². The molecular weight excluding hydrogens is 183 g/mol. The molecule has 0 aliphatic heterocycles. The molecule has 0 aliphatic rings. The molecule has 0 bridgehead atoms. The first kappa shape index (κ1) is 11.6. The van der Waals surface area contributed by atoms with E-state index in [2.05, 4.69) is 0 Å². The van der Waals surface area contributed by atoms with E-state index >= 15 is 0 Å². The molecule has 2 radical (unpaired) electrons. The summed E-state index contributed by atoms with van der Waals surface area (Å²) in [5.74, 6) is -1.67. The minimum absolute atomic E-state index is 0.243. The minimum Gasteiger partial charge on any atom is -0.480 e. The predicted octanol–water partition coefficient (Wildman–Crippen LogP) is 0.499. The highest BCUT2D eigenvalue weighted by atomic mass is 31.2. The van der Waals surface area contributed by atoms with E-state index < -0.39 is 18.7 Å². The maximum Gasteiger partial charge on any atom is 0.343 e. The predicted molar refractivity (Wildman–Crippen MR) is 41.6 cm³/mol. The van der Waals surface area contributed by atoms with Crippen molar-refractivity contribution in [3.05, 3.63) is 6.92 Å². The molecule has 0 aromatic rings. The van der Waals surface area contributed by atoms with Crippen LogP contribution in [0, 0.1) is 6.92 Å². The Hall–Kier alpha value is -0.380. The number of hydrogen-bond donors (Lipinski definition) is 3. The van der Waals surface area contributed by atoms with Gasteiger partial charge in [-0.2, -0.15) is 0 Å². The first-order valence-corrected chi connectivity index (χ1v) is 4.95. The van der Waals surface area contributed by atoms with Gasteiger partial charge in [0.25, 0.3) is 0 Å². The zero-order valence-electron chi connectivity index (χ0n) is 6.60. The average Bonchev–Trinajstić information content (AvgIpc) is 1.85. The smallest absolute Gasteiger partial charge is 0.343 e. The molecule has 12 heavy (non-hydrogen) atoms. The largest absolute Gasteiger partial charge is 0.480 e. The van der Waals surface area contributed by atoms with Gasteiger partial charge in [0, 0.05) is 0 Å². The summed E-state index contributed by atoms with van der Waals surface area (Å²) in [5.41, 5.74) is 0.